The molecule has 1 aromatic rings. The molecule has 35 heavy (non-hydrogen) atoms. The van der Waals surface area contributed by atoms with E-state index in [2.05, 4.69) is 29.7 Å². The number of hydrogen-bond acceptors (Lipinski definition) is 6. The Hall–Kier alpha value is -2.61. The number of benzene rings is 1. The van der Waals surface area contributed by atoms with Crippen molar-refractivity contribution in [2.45, 2.75) is 79.1 Å². The molecule has 1 aliphatic heterocycles. The van der Waals surface area contributed by atoms with E-state index in [1.807, 2.05) is 45.9 Å². The molecule has 1 aliphatic rings. The molecule has 0 spiro atoms. The quantitative estimate of drug-likeness (QED) is 0.352. The SMILES string of the molecule is CCC(C)(CCC(C)c1ccccc1)C(=O)OCCNC(=O)NC1OCC(C)C(C)C1OC(C)=O. The summed E-state index contributed by atoms with van der Waals surface area (Å²) in [6.07, 6.45) is 0.978. The number of urea groups is 1. The van der Waals surface area contributed by atoms with Crippen LogP contribution in [0.25, 0.3) is 0 Å². The van der Waals surface area contributed by atoms with Gasteiger partial charge in [-0.2, -0.15) is 0 Å². The zero-order valence-electron chi connectivity index (χ0n) is 22.0. The summed E-state index contributed by atoms with van der Waals surface area (Å²) in [5.41, 5.74) is 0.682. The number of carbonyl (C=O) groups is 3. The van der Waals surface area contributed by atoms with Crippen LogP contribution in [-0.2, 0) is 23.8 Å². The average molecular weight is 491 g/mol. The molecule has 1 saturated heterocycles. The van der Waals surface area contributed by atoms with Crippen molar-refractivity contribution in [3.05, 3.63) is 35.9 Å². The van der Waals surface area contributed by atoms with Gasteiger partial charge in [-0.25, -0.2) is 4.79 Å². The highest BCUT2D eigenvalue weighted by Gasteiger charge is 2.39. The number of hydrogen-bond donors (Lipinski definition) is 2. The molecule has 1 fully saturated rings. The number of nitrogens with one attached hydrogen (secondary N) is 2. The standard InChI is InChI=1S/C27H42N2O6/c1-7-27(6,14-13-18(2)22-11-9-8-10-12-22)25(31)33-16-15-28-26(32)29-24-23(35-21(5)30)20(4)19(3)17-34-24/h8-12,18-20,23-24H,7,13-17H2,1-6H3,(H2,28,29,32). The van der Waals surface area contributed by atoms with Crippen molar-refractivity contribution in [1.29, 1.82) is 0 Å². The second-order valence-corrected chi connectivity index (χ2v) is 9.97. The molecule has 0 aliphatic carbocycles. The Labute approximate surface area is 209 Å². The Kier molecular flexibility index (Phi) is 11.0. The molecule has 6 unspecified atom stereocenters. The van der Waals surface area contributed by atoms with E-state index in [0.717, 1.165) is 12.8 Å². The van der Waals surface area contributed by atoms with E-state index in [0.29, 0.717) is 18.9 Å². The van der Waals surface area contributed by atoms with Gasteiger partial charge in [0.1, 0.15) is 12.7 Å². The molecule has 0 radical (unpaired) electrons. The van der Waals surface area contributed by atoms with Gasteiger partial charge < -0.3 is 24.8 Å². The normalized spacial score (nSPS) is 24.5. The first-order valence-electron chi connectivity index (χ1n) is 12.6. The van der Waals surface area contributed by atoms with Crippen molar-refractivity contribution in [3.63, 3.8) is 0 Å². The summed E-state index contributed by atoms with van der Waals surface area (Å²) in [5, 5.41) is 5.39. The fourth-order valence-electron chi connectivity index (χ4n) is 4.16. The molecule has 6 atom stereocenters. The van der Waals surface area contributed by atoms with Gasteiger partial charge in [-0.15, -0.1) is 0 Å². The van der Waals surface area contributed by atoms with Crippen LogP contribution in [-0.4, -0.2) is 50.1 Å². The van der Waals surface area contributed by atoms with Crippen molar-refractivity contribution in [2.75, 3.05) is 19.8 Å². The largest absolute Gasteiger partial charge is 0.463 e. The van der Waals surface area contributed by atoms with Gasteiger partial charge in [0.25, 0.3) is 0 Å². The molecular formula is C27H42N2O6. The van der Waals surface area contributed by atoms with Crippen molar-refractivity contribution in [3.8, 4) is 0 Å². The number of esters is 2. The average Bonchev–Trinajstić information content (AvgIpc) is 2.84. The molecule has 2 amide bonds. The van der Waals surface area contributed by atoms with Crippen LogP contribution in [0.2, 0.25) is 0 Å². The first-order valence-corrected chi connectivity index (χ1v) is 12.6. The predicted octanol–water partition coefficient (Wildman–Crippen LogP) is 4.39. The predicted molar refractivity (Wildman–Crippen MR) is 134 cm³/mol. The maximum absolute atomic E-state index is 12.8. The van der Waals surface area contributed by atoms with Gasteiger partial charge in [-0.3, -0.25) is 9.59 Å². The zero-order valence-corrected chi connectivity index (χ0v) is 22.0. The summed E-state index contributed by atoms with van der Waals surface area (Å²) in [7, 11) is 0. The lowest BCUT2D eigenvalue weighted by Gasteiger charge is -2.39. The highest BCUT2D eigenvalue weighted by molar-refractivity contribution is 5.76. The maximum Gasteiger partial charge on any atom is 0.317 e. The Balaban J connectivity index is 1.77. The Morgan fingerprint density at radius 3 is 2.51 bits per heavy atom. The lowest BCUT2D eigenvalue weighted by atomic mass is 9.79. The lowest BCUT2D eigenvalue weighted by molar-refractivity contribution is -0.179. The fourth-order valence-corrected chi connectivity index (χ4v) is 4.16. The smallest absolute Gasteiger partial charge is 0.317 e. The van der Waals surface area contributed by atoms with Crippen molar-refractivity contribution >= 4 is 18.0 Å². The first-order chi connectivity index (χ1) is 16.6. The molecular weight excluding hydrogens is 448 g/mol. The number of carbonyl (C=O) groups excluding carboxylic acids is 3. The van der Waals surface area contributed by atoms with E-state index in [1.165, 1.54) is 12.5 Å². The van der Waals surface area contributed by atoms with Gasteiger partial charge in [0.15, 0.2) is 6.23 Å². The monoisotopic (exact) mass is 490 g/mol. The summed E-state index contributed by atoms with van der Waals surface area (Å²) in [4.78, 5) is 36.6. The minimum Gasteiger partial charge on any atom is -0.463 e. The maximum atomic E-state index is 12.8. The van der Waals surface area contributed by atoms with E-state index < -0.39 is 29.7 Å². The van der Waals surface area contributed by atoms with Crippen molar-refractivity contribution in [2.24, 2.45) is 17.3 Å². The van der Waals surface area contributed by atoms with Crippen molar-refractivity contribution in [1.82, 2.24) is 10.6 Å². The first kappa shape index (κ1) is 28.6. The molecule has 1 aromatic carbocycles. The Morgan fingerprint density at radius 1 is 1.20 bits per heavy atom. The summed E-state index contributed by atoms with van der Waals surface area (Å²) in [5.74, 6) is -0.0888. The van der Waals surface area contributed by atoms with E-state index in [-0.39, 0.29) is 31.0 Å². The second kappa shape index (κ2) is 13.5. The third kappa shape index (κ3) is 8.53. The van der Waals surface area contributed by atoms with Crippen LogP contribution in [0.4, 0.5) is 4.79 Å². The van der Waals surface area contributed by atoms with Crippen LogP contribution in [0.3, 0.4) is 0 Å². The third-order valence-corrected chi connectivity index (χ3v) is 7.22. The van der Waals surface area contributed by atoms with Gasteiger partial charge in [0.2, 0.25) is 0 Å². The molecule has 0 saturated carbocycles. The van der Waals surface area contributed by atoms with Gasteiger partial charge in [0, 0.05) is 12.8 Å². The van der Waals surface area contributed by atoms with Crippen LogP contribution < -0.4 is 10.6 Å². The van der Waals surface area contributed by atoms with Crippen LogP contribution in [0.1, 0.15) is 72.3 Å². The van der Waals surface area contributed by atoms with E-state index in [9.17, 15) is 14.4 Å². The molecule has 0 aromatic heterocycles. The summed E-state index contributed by atoms with van der Waals surface area (Å²) in [6.45, 7) is 12.1. The lowest BCUT2D eigenvalue weighted by Crippen LogP contribution is -2.56. The minimum atomic E-state index is -0.734. The summed E-state index contributed by atoms with van der Waals surface area (Å²) >= 11 is 0. The van der Waals surface area contributed by atoms with Crippen LogP contribution >= 0.6 is 0 Å². The highest BCUT2D eigenvalue weighted by Crippen LogP contribution is 2.33. The molecule has 8 nitrogen and oxygen atoms in total. The second-order valence-electron chi connectivity index (χ2n) is 9.97. The van der Waals surface area contributed by atoms with Crippen LogP contribution in [0.5, 0.6) is 0 Å². The van der Waals surface area contributed by atoms with Gasteiger partial charge >= 0.3 is 18.0 Å². The molecule has 0 bridgehead atoms. The van der Waals surface area contributed by atoms with Gasteiger partial charge in [-0.1, -0.05) is 58.0 Å². The van der Waals surface area contributed by atoms with E-state index >= 15 is 0 Å². The number of rotatable bonds is 11. The molecule has 196 valence electrons. The summed E-state index contributed by atoms with van der Waals surface area (Å²) in [6, 6.07) is 9.80. The van der Waals surface area contributed by atoms with Crippen LogP contribution in [0.15, 0.2) is 30.3 Å². The number of ether oxygens (including phenoxy) is 3. The van der Waals surface area contributed by atoms with Crippen molar-refractivity contribution < 1.29 is 28.6 Å². The third-order valence-electron chi connectivity index (χ3n) is 7.22. The molecule has 2 N–H and O–H groups in total. The van der Waals surface area contributed by atoms with Gasteiger partial charge in [0.05, 0.1) is 18.6 Å². The minimum absolute atomic E-state index is 0.0373. The fraction of sp³-hybridized carbons (Fsp3) is 0.667. The zero-order chi connectivity index (χ0) is 26.0. The molecule has 1 heterocycles. The van der Waals surface area contributed by atoms with E-state index in [4.69, 9.17) is 14.2 Å². The number of amides is 2. The van der Waals surface area contributed by atoms with E-state index in [1.54, 1.807) is 0 Å². The topological polar surface area (TPSA) is 103 Å². The summed E-state index contributed by atoms with van der Waals surface area (Å²) < 4.78 is 16.6. The Morgan fingerprint density at radius 2 is 1.89 bits per heavy atom. The molecule has 8 heteroatoms. The van der Waals surface area contributed by atoms with Crippen LogP contribution in [0, 0.1) is 17.3 Å². The Bertz CT molecular complexity index is 832. The molecule has 2 rings (SSSR count). The highest BCUT2D eigenvalue weighted by atomic mass is 16.6. The van der Waals surface area contributed by atoms with Gasteiger partial charge in [-0.05, 0) is 43.6 Å².